The molecule has 0 N–H and O–H groups in total. The number of alkyl halides is 3. The van der Waals surface area contributed by atoms with Crippen molar-refractivity contribution in [3.8, 4) is 0 Å². The van der Waals surface area contributed by atoms with Crippen LogP contribution in [0.25, 0.3) is 0 Å². The molecule has 14 heavy (non-hydrogen) atoms. The van der Waals surface area contributed by atoms with E-state index in [0.717, 1.165) is 0 Å². The lowest BCUT2D eigenvalue weighted by Gasteiger charge is -2.04. The molecule has 0 unspecified atom stereocenters. The lowest BCUT2D eigenvalue weighted by atomic mass is 10.2. The molecule has 76 valence electrons. The first kappa shape index (κ1) is 11.1. The van der Waals surface area contributed by atoms with Crippen molar-refractivity contribution in [1.82, 2.24) is 0 Å². The maximum absolute atomic E-state index is 11.7. The molecule has 1 rings (SSSR count). The van der Waals surface area contributed by atoms with Crippen LogP contribution in [0.15, 0.2) is 30.3 Å². The summed E-state index contributed by atoms with van der Waals surface area (Å²) in [5.41, 5.74) is -4.03. The van der Waals surface area contributed by atoms with Crippen molar-refractivity contribution < 1.29 is 18.0 Å². The smallest absolute Gasteiger partial charge is 0.293 e. The van der Waals surface area contributed by atoms with Gasteiger partial charge in [0.1, 0.15) is 0 Å². The Hall–Kier alpha value is -0.970. The highest BCUT2D eigenvalue weighted by Gasteiger charge is 2.29. The Morgan fingerprint density at radius 3 is 2.29 bits per heavy atom. The van der Waals surface area contributed by atoms with Gasteiger partial charge >= 0.3 is 5.51 Å². The van der Waals surface area contributed by atoms with Crippen molar-refractivity contribution in [3.05, 3.63) is 35.9 Å². The van der Waals surface area contributed by atoms with Gasteiger partial charge in [-0.15, -0.1) is 0 Å². The van der Waals surface area contributed by atoms with Crippen molar-refractivity contribution in [1.29, 1.82) is 0 Å². The minimum Gasteiger partial charge on any atom is -0.293 e. The van der Waals surface area contributed by atoms with Crippen LogP contribution < -0.4 is 0 Å². The number of hydrogen-bond donors (Lipinski definition) is 0. The van der Waals surface area contributed by atoms with E-state index in [0.29, 0.717) is 5.56 Å². The zero-order valence-corrected chi connectivity index (χ0v) is 7.86. The SMILES string of the molecule is O=C(CSC(F)(F)F)c1ccccc1. The Kier molecular flexibility index (Phi) is 3.57. The maximum Gasteiger partial charge on any atom is 0.442 e. The number of halogens is 3. The Labute approximate surface area is 83.3 Å². The third-order valence-corrected chi connectivity index (χ3v) is 2.20. The minimum atomic E-state index is -4.34. The summed E-state index contributed by atoms with van der Waals surface area (Å²) < 4.78 is 35.2. The number of ketones is 1. The number of Topliss-reactive ketones (excluding diaryl/α,β-unsaturated/α-hetero) is 1. The van der Waals surface area contributed by atoms with Gasteiger partial charge in [0.05, 0.1) is 5.75 Å². The number of hydrogen-bond acceptors (Lipinski definition) is 2. The maximum atomic E-state index is 11.7. The molecule has 0 atom stereocenters. The molecule has 0 amide bonds. The Balaban J connectivity index is 2.52. The molecule has 5 heteroatoms. The van der Waals surface area contributed by atoms with Crippen LogP contribution in [0.3, 0.4) is 0 Å². The fourth-order valence-corrected chi connectivity index (χ4v) is 1.32. The zero-order chi connectivity index (χ0) is 10.6. The number of rotatable bonds is 3. The number of benzene rings is 1. The molecule has 0 aliphatic rings. The van der Waals surface area contributed by atoms with E-state index in [1.807, 2.05) is 0 Å². The van der Waals surface area contributed by atoms with Crippen LogP contribution >= 0.6 is 11.8 Å². The minimum absolute atomic E-state index is 0.309. The van der Waals surface area contributed by atoms with Crippen LogP contribution in [0.2, 0.25) is 0 Å². The van der Waals surface area contributed by atoms with E-state index < -0.39 is 17.0 Å². The molecule has 1 nitrogen and oxygen atoms in total. The fourth-order valence-electron chi connectivity index (χ4n) is 0.855. The first-order valence-corrected chi connectivity index (χ1v) is 4.76. The normalized spacial score (nSPS) is 11.4. The summed E-state index contributed by atoms with van der Waals surface area (Å²) in [7, 11) is 0. The molecule has 0 heterocycles. The number of carbonyl (C=O) groups is 1. The Morgan fingerprint density at radius 1 is 1.21 bits per heavy atom. The summed E-state index contributed by atoms with van der Waals surface area (Å²) in [5, 5.41) is 0. The van der Waals surface area contributed by atoms with E-state index in [1.165, 1.54) is 12.1 Å². The van der Waals surface area contributed by atoms with E-state index in [4.69, 9.17) is 0 Å². The number of thioether (sulfide) groups is 1. The van der Waals surface area contributed by atoms with Crippen LogP contribution in [0, 0.1) is 0 Å². The molecule has 0 aromatic heterocycles. The van der Waals surface area contributed by atoms with Crippen LogP contribution in [-0.4, -0.2) is 17.0 Å². The molecule has 0 fully saturated rings. The van der Waals surface area contributed by atoms with E-state index in [9.17, 15) is 18.0 Å². The average molecular weight is 220 g/mol. The van der Waals surface area contributed by atoms with Gasteiger partial charge in [-0.1, -0.05) is 30.3 Å². The summed E-state index contributed by atoms with van der Waals surface area (Å²) in [6.45, 7) is 0. The highest BCUT2D eigenvalue weighted by Crippen LogP contribution is 2.30. The third kappa shape index (κ3) is 3.83. The van der Waals surface area contributed by atoms with Crippen LogP contribution in [-0.2, 0) is 0 Å². The molecule has 0 spiro atoms. The van der Waals surface area contributed by atoms with Crippen molar-refractivity contribution in [2.75, 3.05) is 5.75 Å². The molecule has 0 aliphatic heterocycles. The van der Waals surface area contributed by atoms with E-state index in [1.54, 1.807) is 18.2 Å². The van der Waals surface area contributed by atoms with Crippen LogP contribution in [0.4, 0.5) is 13.2 Å². The molecular formula is C9H7F3OS. The van der Waals surface area contributed by atoms with Gasteiger partial charge in [-0.2, -0.15) is 13.2 Å². The van der Waals surface area contributed by atoms with Gasteiger partial charge in [0.2, 0.25) is 0 Å². The van der Waals surface area contributed by atoms with Gasteiger partial charge in [-0.3, -0.25) is 4.79 Å². The quantitative estimate of drug-likeness (QED) is 0.728. The summed E-state index contributed by atoms with van der Waals surface area (Å²) in [6, 6.07) is 7.93. The molecule has 0 saturated carbocycles. The third-order valence-electron chi connectivity index (χ3n) is 1.46. The van der Waals surface area contributed by atoms with E-state index in [2.05, 4.69) is 0 Å². The van der Waals surface area contributed by atoms with Gasteiger partial charge < -0.3 is 0 Å². The predicted octanol–water partition coefficient (Wildman–Crippen LogP) is 3.12. The second-order valence-electron chi connectivity index (χ2n) is 2.52. The monoisotopic (exact) mass is 220 g/mol. The summed E-state index contributed by atoms with van der Waals surface area (Å²) in [4.78, 5) is 11.2. The molecule has 0 radical (unpaired) electrons. The van der Waals surface area contributed by atoms with E-state index in [-0.39, 0.29) is 11.8 Å². The average Bonchev–Trinajstić information content (AvgIpc) is 2.14. The zero-order valence-electron chi connectivity index (χ0n) is 7.04. The number of carbonyl (C=O) groups excluding carboxylic acids is 1. The summed E-state index contributed by atoms with van der Waals surface area (Å²) >= 11 is -0.313. The molecule has 0 saturated heterocycles. The Bertz CT molecular complexity index is 308. The second-order valence-corrected chi connectivity index (χ2v) is 3.56. The molecular weight excluding hydrogens is 213 g/mol. The standard InChI is InChI=1S/C9H7F3OS/c10-9(11,12)14-6-8(13)7-4-2-1-3-5-7/h1-5H,6H2. The Morgan fingerprint density at radius 2 is 1.79 bits per heavy atom. The summed E-state index contributed by atoms with van der Waals surface area (Å²) in [6.07, 6.45) is 0. The van der Waals surface area contributed by atoms with Crippen LogP contribution in [0.1, 0.15) is 10.4 Å². The molecule has 0 bridgehead atoms. The fraction of sp³-hybridized carbons (Fsp3) is 0.222. The van der Waals surface area contributed by atoms with Crippen molar-refractivity contribution in [2.45, 2.75) is 5.51 Å². The predicted molar refractivity (Wildman–Crippen MR) is 49.3 cm³/mol. The largest absolute Gasteiger partial charge is 0.442 e. The van der Waals surface area contributed by atoms with Gasteiger partial charge in [0.25, 0.3) is 0 Å². The van der Waals surface area contributed by atoms with Gasteiger partial charge in [0.15, 0.2) is 5.78 Å². The first-order chi connectivity index (χ1) is 6.49. The van der Waals surface area contributed by atoms with Crippen LogP contribution in [0.5, 0.6) is 0 Å². The van der Waals surface area contributed by atoms with Gasteiger partial charge in [-0.05, 0) is 11.8 Å². The van der Waals surface area contributed by atoms with Gasteiger partial charge in [-0.25, -0.2) is 0 Å². The van der Waals surface area contributed by atoms with Gasteiger partial charge in [0, 0.05) is 5.56 Å². The van der Waals surface area contributed by atoms with E-state index >= 15 is 0 Å². The van der Waals surface area contributed by atoms with Crippen molar-refractivity contribution in [2.24, 2.45) is 0 Å². The lowest BCUT2D eigenvalue weighted by molar-refractivity contribution is -0.0327. The molecule has 0 aliphatic carbocycles. The molecule has 1 aromatic carbocycles. The molecule has 1 aromatic rings. The topological polar surface area (TPSA) is 17.1 Å². The van der Waals surface area contributed by atoms with Crippen molar-refractivity contribution >= 4 is 17.5 Å². The van der Waals surface area contributed by atoms with Crippen molar-refractivity contribution in [3.63, 3.8) is 0 Å². The summed E-state index contributed by atoms with van der Waals surface area (Å²) in [5.74, 6) is -1.07. The highest BCUT2D eigenvalue weighted by atomic mass is 32.2. The highest BCUT2D eigenvalue weighted by molar-refractivity contribution is 8.00. The second kappa shape index (κ2) is 4.50. The lowest BCUT2D eigenvalue weighted by Crippen LogP contribution is -2.08. The first-order valence-electron chi connectivity index (χ1n) is 3.78.